The second kappa shape index (κ2) is 8.29. The van der Waals surface area contributed by atoms with Crippen molar-refractivity contribution in [3.8, 4) is 0 Å². The number of rotatable bonds is 8. The molecule has 0 atom stereocenters. The first-order valence-corrected chi connectivity index (χ1v) is 10.5. The molecule has 0 radical (unpaired) electrons. The van der Waals surface area contributed by atoms with Gasteiger partial charge < -0.3 is 11.1 Å². The van der Waals surface area contributed by atoms with Crippen LogP contribution in [0.1, 0.15) is 62.7 Å². The highest BCUT2D eigenvalue weighted by atomic mass is 32.2. The Balaban J connectivity index is 2.18. The van der Waals surface area contributed by atoms with E-state index >= 15 is 0 Å². The third kappa shape index (κ3) is 4.80. The minimum atomic E-state index is -3.61. The van der Waals surface area contributed by atoms with Crippen LogP contribution in [0.25, 0.3) is 0 Å². The first-order chi connectivity index (χ1) is 11.9. The molecule has 0 heterocycles. The summed E-state index contributed by atoms with van der Waals surface area (Å²) in [5.74, 6) is -0.299. The zero-order valence-corrected chi connectivity index (χ0v) is 15.9. The Labute approximate surface area is 150 Å². The van der Waals surface area contributed by atoms with Crippen molar-refractivity contribution >= 4 is 15.9 Å². The highest BCUT2D eigenvalue weighted by Crippen LogP contribution is 2.21. The molecule has 1 aromatic rings. The zero-order valence-electron chi connectivity index (χ0n) is 15.0. The van der Waals surface area contributed by atoms with Gasteiger partial charge >= 0.3 is 0 Å². The molecule has 1 aliphatic rings. The number of carbonyl (C=O) groups is 1. The van der Waals surface area contributed by atoms with Gasteiger partial charge in [0.15, 0.2) is 0 Å². The van der Waals surface area contributed by atoms with Crippen molar-refractivity contribution in [1.29, 1.82) is 0 Å². The van der Waals surface area contributed by atoms with Crippen LogP contribution in [0.4, 0.5) is 0 Å². The second-order valence-electron chi connectivity index (χ2n) is 6.78. The topological polar surface area (TPSA) is 101 Å². The fraction of sp³-hybridized carbons (Fsp3) is 0.611. The smallest absolute Gasteiger partial charge is 0.251 e. The van der Waals surface area contributed by atoms with Crippen molar-refractivity contribution in [1.82, 2.24) is 10.0 Å². The zero-order chi connectivity index (χ0) is 18.5. The number of benzene rings is 1. The predicted octanol–water partition coefficient (Wildman–Crippen LogP) is 2.15. The molecule has 25 heavy (non-hydrogen) atoms. The lowest BCUT2D eigenvalue weighted by molar-refractivity contribution is 0.0895. The number of carbonyl (C=O) groups excluding carboxylic acids is 1. The molecule has 1 aromatic carbocycles. The molecule has 0 aliphatic heterocycles. The van der Waals surface area contributed by atoms with E-state index < -0.39 is 15.6 Å². The third-order valence-corrected chi connectivity index (χ3v) is 6.72. The van der Waals surface area contributed by atoms with Gasteiger partial charge in [-0.05, 0) is 43.9 Å². The van der Waals surface area contributed by atoms with E-state index in [4.69, 9.17) is 5.73 Å². The first kappa shape index (κ1) is 19.9. The minimum Gasteiger partial charge on any atom is -0.345 e. The molecule has 1 fully saturated rings. The summed E-state index contributed by atoms with van der Waals surface area (Å²) < 4.78 is 27.8. The number of sulfonamides is 1. The van der Waals surface area contributed by atoms with Crippen LogP contribution in [0.2, 0.25) is 0 Å². The molecule has 6 nitrogen and oxygen atoms in total. The van der Waals surface area contributed by atoms with Crippen LogP contribution >= 0.6 is 0 Å². The van der Waals surface area contributed by atoms with Crippen LogP contribution in [0.3, 0.4) is 0 Å². The van der Waals surface area contributed by atoms with Gasteiger partial charge in [-0.2, -0.15) is 0 Å². The molecule has 0 bridgehead atoms. The maximum absolute atomic E-state index is 12.6. The Hall–Kier alpha value is -1.44. The van der Waals surface area contributed by atoms with Gasteiger partial charge in [-0.1, -0.05) is 32.8 Å². The number of nitrogens with one attached hydrogen (secondary N) is 2. The van der Waals surface area contributed by atoms with Gasteiger partial charge in [-0.25, -0.2) is 13.1 Å². The Morgan fingerprint density at radius 3 is 2.44 bits per heavy atom. The Morgan fingerprint density at radius 2 is 1.88 bits per heavy atom. The van der Waals surface area contributed by atoms with Gasteiger partial charge in [0.05, 0.1) is 10.4 Å². The van der Waals surface area contributed by atoms with E-state index in [-0.39, 0.29) is 16.8 Å². The summed E-state index contributed by atoms with van der Waals surface area (Å²) in [6.07, 6.45) is 5.26. The van der Waals surface area contributed by atoms with Gasteiger partial charge in [-0.15, -0.1) is 0 Å². The summed E-state index contributed by atoms with van der Waals surface area (Å²) in [5, 5.41) is 2.97. The lowest BCUT2D eigenvalue weighted by Crippen LogP contribution is -2.52. The fourth-order valence-corrected chi connectivity index (χ4v) is 4.57. The standard InChI is InChI=1S/C18H29N3O3S/c1-3-18(4-2,13-19)20-17(22)14-8-7-11-16(12-14)25(23,24)21-15-9-5-6-10-15/h7-8,11-12,15,21H,3-6,9-10,13,19H2,1-2H3,(H,20,22). The molecule has 7 heteroatoms. The molecule has 0 unspecified atom stereocenters. The maximum atomic E-state index is 12.6. The summed E-state index contributed by atoms with van der Waals surface area (Å²) in [7, 11) is -3.61. The molecule has 1 amide bonds. The molecule has 0 aromatic heterocycles. The summed E-state index contributed by atoms with van der Waals surface area (Å²) in [5.41, 5.74) is 5.69. The first-order valence-electron chi connectivity index (χ1n) is 9.01. The summed E-state index contributed by atoms with van der Waals surface area (Å²) in [4.78, 5) is 12.7. The molecule has 1 aliphatic carbocycles. The monoisotopic (exact) mass is 367 g/mol. The number of hydrogen-bond acceptors (Lipinski definition) is 4. The Morgan fingerprint density at radius 1 is 1.24 bits per heavy atom. The number of hydrogen-bond donors (Lipinski definition) is 3. The van der Waals surface area contributed by atoms with Crippen molar-refractivity contribution < 1.29 is 13.2 Å². The SMILES string of the molecule is CCC(CC)(CN)NC(=O)c1cccc(S(=O)(=O)NC2CCCC2)c1. The Kier molecular flexibility index (Phi) is 6.59. The summed E-state index contributed by atoms with van der Waals surface area (Å²) in [6, 6.07) is 6.16. The van der Waals surface area contributed by atoms with Crippen LogP contribution in [-0.2, 0) is 10.0 Å². The lowest BCUT2D eigenvalue weighted by atomic mass is 9.92. The van der Waals surface area contributed by atoms with E-state index in [1.807, 2.05) is 13.8 Å². The van der Waals surface area contributed by atoms with Crippen LogP contribution < -0.4 is 15.8 Å². The number of nitrogens with two attached hydrogens (primary N) is 1. The normalized spacial score (nSPS) is 16.1. The van der Waals surface area contributed by atoms with Gasteiger partial charge in [-0.3, -0.25) is 4.79 Å². The average molecular weight is 368 g/mol. The van der Waals surface area contributed by atoms with Gasteiger partial charge in [0.25, 0.3) is 5.91 Å². The van der Waals surface area contributed by atoms with Crippen molar-refractivity contribution in [3.63, 3.8) is 0 Å². The largest absolute Gasteiger partial charge is 0.345 e. The lowest BCUT2D eigenvalue weighted by Gasteiger charge is -2.31. The van der Waals surface area contributed by atoms with Crippen LogP contribution in [-0.4, -0.2) is 32.5 Å². The van der Waals surface area contributed by atoms with Gasteiger partial charge in [0.2, 0.25) is 10.0 Å². The van der Waals surface area contributed by atoms with Crippen LogP contribution in [0.5, 0.6) is 0 Å². The molecular formula is C18H29N3O3S. The highest BCUT2D eigenvalue weighted by molar-refractivity contribution is 7.89. The van der Waals surface area contributed by atoms with E-state index in [0.717, 1.165) is 25.7 Å². The van der Waals surface area contributed by atoms with E-state index in [1.165, 1.54) is 12.1 Å². The summed E-state index contributed by atoms with van der Waals surface area (Å²) in [6.45, 7) is 4.29. The van der Waals surface area contributed by atoms with Crippen molar-refractivity contribution in [2.45, 2.75) is 68.8 Å². The molecule has 140 valence electrons. The average Bonchev–Trinajstić information content (AvgIpc) is 3.12. The molecular weight excluding hydrogens is 338 g/mol. The van der Waals surface area contributed by atoms with E-state index in [0.29, 0.717) is 24.9 Å². The van der Waals surface area contributed by atoms with Crippen LogP contribution in [0.15, 0.2) is 29.2 Å². The van der Waals surface area contributed by atoms with Crippen molar-refractivity contribution in [2.75, 3.05) is 6.54 Å². The Bertz CT molecular complexity index is 685. The van der Waals surface area contributed by atoms with Gasteiger partial charge in [0, 0.05) is 18.2 Å². The summed E-state index contributed by atoms with van der Waals surface area (Å²) >= 11 is 0. The highest BCUT2D eigenvalue weighted by Gasteiger charge is 2.28. The quantitative estimate of drug-likeness (QED) is 0.655. The second-order valence-corrected chi connectivity index (χ2v) is 8.49. The van der Waals surface area contributed by atoms with Crippen molar-refractivity contribution in [3.05, 3.63) is 29.8 Å². The van der Waals surface area contributed by atoms with Crippen LogP contribution in [0, 0.1) is 0 Å². The molecule has 0 spiro atoms. The third-order valence-electron chi connectivity index (χ3n) is 5.21. The molecule has 4 N–H and O–H groups in total. The number of amides is 1. The molecule has 0 saturated heterocycles. The maximum Gasteiger partial charge on any atom is 0.251 e. The molecule has 1 saturated carbocycles. The van der Waals surface area contributed by atoms with Gasteiger partial charge in [0.1, 0.15) is 0 Å². The van der Waals surface area contributed by atoms with E-state index in [1.54, 1.807) is 12.1 Å². The van der Waals surface area contributed by atoms with E-state index in [2.05, 4.69) is 10.0 Å². The molecule has 2 rings (SSSR count). The van der Waals surface area contributed by atoms with E-state index in [9.17, 15) is 13.2 Å². The minimum absolute atomic E-state index is 0.00689. The predicted molar refractivity (Wildman–Crippen MR) is 98.9 cm³/mol. The fourth-order valence-electron chi connectivity index (χ4n) is 3.22. The van der Waals surface area contributed by atoms with Crippen molar-refractivity contribution in [2.24, 2.45) is 5.73 Å².